The van der Waals surface area contributed by atoms with E-state index in [1.807, 2.05) is 24.3 Å². The van der Waals surface area contributed by atoms with Gasteiger partial charge in [-0.25, -0.2) is 12.7 Å². The summed E-state index contributed by atoms with van der Waals surface area (Å²) in [5.41, 5.74) is 2.80. The van der Waals surface area contributed by atoms with Gasteiger partial charge in [-0.3, -0.25) is 0 Å². The van der Waals surface area contributed by atoms with Gasteiger partial charge in [-0.1, -0.05) is 18.2 Å². The third-order valence-electron chi connectivity index (χ3n) is 5.28. The van der Waals surface area contributed by atoms with E-state index >= 15 is 0 Å². The summed E-state index contributed by atoms with van der Waals surface area (Å²) in [6.07, 6.45) is 2.11. The first-order valence-corrected chi connectivity index (χ1v) is 10.8. The lowest BCUT2D eigenvalue weighted by Gasteiger charge is -2.35. The largest absolute Gasteiger partial charge is 0.456 e. The van der Waals surface area contributed by atoms with E-state index in [1.54, 1.807) is 32.3 Å². The van der Waals surface area contributed by atoms with Crippen molar-refractivity contribution in [3.8, 4) is 11.5 Å². The zero-order chi connectivity index (χ0) is 19.9. The van der Waals surface area contributed by atoms with Crippen LogP contribution in [0.4, 0.5) is 0 Å². The highest BCUT2D eigenvalue weighted by atomic mass is 32.2. The Balaban J connectivity index is 1.87. The van der Waals surface area contributed by atoms with Crippen LogP contribution in [0.1, 0.15) is 11.1 Å². The lowest BCUT2D eigenvalue weighted by Crippen LogP contribution is -2.43. The number of hydrogen-bond donors (Lipinski definition) is 0. The molecule has 6 nitrogen and oxygen atoms in total. The molecule has 28 heavy (non-hydrogen) atoms. The number of benzene rings is 2. The van der Waals surface area contributed by atoms with Gasteiger partial charge in [0.2, 0.25) is 10.0 Å². The summed E-state index contributed by atoms with van der Waals surface area (Å²) in [5, 5.41) is 0. The van der Waals surface area contributed by atoms with Crippen molar-refractivity contribution >= 4 is 21.8 Å². The van der Waals surface area contributed by atoms with Gasteiger partial charge in [0.15, 0.2) is 0 Å². The van der Waals surface area contributed by atoms with Gasteiger partial charge in [0.25, 0.3) is 0 Å². The predicted molar refractivity (Wildman–Crippen MR) is 111 cm³/mol. The normalized spacial score (nSPS) is 17.4. The molecule has 0 aromatic heterocycles. The van der Waals surface area contributed by atoms with Gasteiger partial charge in [-0.2, -0.15) is 0 Å². The number of fused-ring (bicyclic) bond motifs is 2. The zero-order valence-corrected chi connectivity index (χ0v) is 17.2. The van der Waals surface area contributed by atoms with Crippen molar-refractivity contribution in [2.24, 2.45) is 0 Å². The van der Waals surface area contributed by atoms with Gasteiger partial charge in [0.1, 0.15) is 11.5 Å². The molecule has 2 aromatic rings. The van der Waals surface area contributed by atoms with Crippen LogP contribution in [0.2, 0.25) is 0 Å². The third kappa shape index (κ3) is 3.41. The van der Waals surface area contributed by atoms with Gasteiger partial charge in [0.05, 0.1) is 4.90 Å². The first-order chi connectivity index (χ1) is 13.4. The lowest BCUT2D eigenvalue weighted by molar-refractivity contribution is 0.207. The Morgan fingerprint density at radius 2 is 1.68 bits per heavy atom. The molecule has 148 valence electrons. The van der Waals surface area contributed by atoms with E-state index in [9.17, 15) is 8.42 Å². The highest BCUT2D eigenvalue weighted by Gasteiger charge is 2.26. The molecule has 0 N–H and O–H groups in total. The summed E-state index contributed by atoms with van der Waals surface area (Å²) in [7, 11) is 1.68. The van der Waals surface area contributed by atoms with E-state index in [-0.39, 0.29) is 4.90 Å². The van der Waals surface area contributed by atoms with Gasteiger partial charge in [0, 0.05) is 57.1 Å². The van der Waals surface area contributed by atoms with Crippen molar-refractivity contribution in [2.75, 3.05) is 47.3 Å². The maximum Gasteiger partial charge on any atom is 0.242 e. The van der Waals surface area contributed by atoms with Gasteiger partial charge in [-0.15, -0.1) is 0 Å². The molecule has 0 radical (unpaired) electrons. The van der Waals surface area contributed by atoms with Crippen molar-refractivity contribution < 1.29 is 13.2 Å². The second-order valence-corrected chi connectivity index (χ2v) is 9.56. The Hall–Kier alpha value is -2.35. The topological polar surface area (TPSA) is 53.1 Å². The standard InChI is InChI=1S/C21H25N3O3S/c1-22(2)28(25,26)17-8-9-21-18(15-17)19(24-12-10-23(3)11-13-24)14-16-6-4-5-7-20(16)27-21/h4-9,14-15H,10-13H2,1-3H3. The van der Waals surface area contributed by atoms with E-state index in [1.165, 1.54) is 4.31 Å². The molecule has 2 aliphatic rings. The molecule has 4 rings (SSSR count). The molecule has 0 bridgehead atoms. The monoisotopic (exact) mass is 399 g/mol. The molecule has 0 amide bonds. The molecule has 0 spiro atoms. The van der Waals surface area contributed by atoms with Gasteiger partial charge in [-0.05, 0) is 37.4 Å². The lowest BCUT2D eigenvalue weighted by atomic mass is 10.1. The highest BCUT2D eigenvalue weighted by Crippen LogP contribution is 2.40. The number of piperazine rings is 1. The van der Waals surface area contributed by atoms with Crippen LogP contribution in [0.15, 0.2) is 47.4 Å². The molecule has 0 atom stereocenters. The Morgan fingerprint density at radius 3 is 2.39 bits per heavy atom. The van der Waals surface area contributed by atoms with E-state index in [0.29, 0.717) is 5.75 Å². The number of likely N-dealkylation sites (N-methyl/N-ethyl adjacent to an activating group) is 1. The molecule has 7 heteroatoms. The molecule has 0 aliphatic carbocycles. The summed E-state index contributed by atoms with van der Waals surface area (Å²) in [4.78, 5) is 4.88. The van der Waals surface area contributed by atoms with E-state index < -0.39 is 10.0 Å². The van der Waals surface area contributed by atoms with Crippen LogP contribution >= 0.6 is 0 Å². The van der Waals surface area contributed by atoms with Gasteiger partial charge >= 0.3 is 0 Å². The Bertz CT molecular complexity index is 1020. The molecule has 2 aliphatic heterocycles. The predicted octanol–water partition coefficient (Wildman–Crippen LogP) is 2.79. The quantitative estimate of drug-likeness (QED) is 0.794. The van der Waals surface area contributed by atoms with Crippen LogP contribution in [0.5, 0.6) is 11.5 Å². The van der Waals surface area contributed by atoms with Crippen LogP contribution in [0, 0.1) is 0 Å². The molecule has 1 saturated heterocycles. The Labute approximate surface area is 166 Å². The van der Waals surface area contributed by atoms with Gasteiger partial charge < -0.3 is 14.5 Å². The number of nitrogens with zero attached hydrogens (tertiary/aromatic N) is 3. The average Bonchev–Trinajstić information content (AvgIpc) is 2.84. The first kappa shape index (κ1) is 19.0. The van der Waals surface area contributed by atoms with Crippen molar-refractivity contribution in [2.45, 2.75) is 4.90 Å². The van der Waals surface area contributed by atoms with Crippen LogP contribution < -0.4 is 4.74 Å². The zero-order valence-electron chi connectivity index (χ0n) is 16.4. The number of hydrogen-bond acceptors (Lipinski definition) is 5. The third-order valence-corrected chi connectivity index (χ3v) is 7.09. The fourth-order valence-corrected chi connectivity index (χ4v) is 4.44. The number of sulfonamides is 1. The molecule has 0 saturated carbocycles. The smallest absolute Gasteiger partial charge is 0.242 e. The number of para-hydroxylation sites is 1. The fourth-order valence-electron chi connectivity index (χ4n) is 3.51. The van der Waals surface area contributed by atoms with Crippen molar-refractivity contribution in [3.63, 3.8) is 0 Å². The summed E-state index contributed by atoms with van der Waals surface area (Å²) >= 11 is 0. The van der Waals surface area contributed by atoms with Crippen molar-refractivity contribution in [3.05, 3.63) is 53.6 Å². The van der Waals surface area contributed by atoms with Crippen LogP contribution in [0.3, 0.4) is 0 Å². The minimum absolute atomic E-state index is 0.269. The minimum atomic E-state index is -3.53. The van der Waals surface area contributed by atoms with E-state index in [4.69, 9.17) is 4.74 Å². The van der Waals surface area contributed by atoms with Crippen LogP contribution in [0.25, 0.3) is 11.8 Å². The van der Waals surface area contributed by atoms with Crippen molar-refractivity contribution in [1.29, 1.82) is 0 Å². The summed E-state index contributed by atoms with van der Waals surface area (Å²) in [6, 6.07) is 13.0. The van der Waals surface area contributed by atoms with Crippen LogP contribution in [-0.4, -0.2) is 69.8 Å². The minimum Gasteiger partial charge on any atom is -0.456 e. The molecular weight excluding hydrogens is 374 g/mol. The Kier molecular flexibility index (Phi) is 4.91. The maximum absolute atomic E-state index is 12.7. The number of ether oxygens (including phenoxy) is 1. The SMILES string of the molecule is CN1CCN(C2=Cc3ccccc3Oc3ccc(S(=O)(=O)N(C)C)cc32)CC1. The number of rotatable bonds is 3. The second-order valence-electron chi connectivity index (χ2n) is 7.41. The summed E-state index contributed by atoms with van der Waals surface area (Å²) in [6.45, 7) is 3.69. The average molecular weight is 400 g/mol. The molecule has 2 heterocycles. The molecule has 1 fully saturated rings. The summed E-state index contributed by atoms with van der Waals surface area (Å²) < 4.78 is 32.8. The van der Waals surface area contributed by atoms with E-state index in [2.05, 4.69) is 22.9 Å². The fraction of sp³-hybridized carbons (Fsp3) is 0.333. The molecule has 0 unspecified atom stereocenters. The first-order valence-electron chi connectivity index (χ1n) is 9.35. The Morgan fingerprint density at radius 1 is 0.964 bits per heavy atom. The second kappa shape index (κ2) is 7.24. The molecular formula is C21H25N3O3S. The van der Waals surface area contributed by atoms with Crippen LogP contribution in [-0.2, 0) is 10.0 Å². The maximum atomic E-state index is 12.7. The van der Waals surface area contributed by atoms with E-state index in [0.717, 1.165) is 48.8 Å². The highest BCUT2D eigenvalue weighted by molar-refractivity contribution is 7.89. The molecule has 2 aromatic carbocycles. The van der Waals surface area contributed by atoms with Crippen molar-refractivity contribution in [1.82, 2.24) is 14.1 Å². The summed E-state index contributed by atoms with van der Waals surface area (Å²) in [5.74, 6) is 1.45.